The summed E-state index contributed by atoms with van der Waals surface area (Å²) in [5.74, 6) is -1.28. The summed E-state index contributed by atoms with van der Waals surface area (Å²) in [4.78, 5) is 10.1. The van der Waals surface area contributed by atoms with Crippen LogP contribution in [0, 0.1) is 5.92 Å². The van der Waals surface area contributed by atoms with Crippen LogP contribution in [0.1, 0.15) is 26.2 Å². The van der Waals surface area contributed by atoms with Gasteiger partial charge in [0.25, 0.3) is 0 Å². The van der Waals surface area contributed by atoms with E-state index < -0.39 is 33.8 Å². The van der Waals surface area contributed by atoms with E-state index in [0.29, 0.717) is 6.42 Å². The molecule has 0 spiro atoms. The third-order valence-corrected chi connectivity index (χ3v) is 4.93. The smallest absolute Gasteiger partial charge is 0.550 e. The van der Waals surface area contributed by atoms with Crippen LogP contribution in [0.25, 0.3) is 0 Å². The molecule has 0 bridgehead atoms. The van der Waals surface area contributed by atoms with E-state index in [-0.39, 0.29) is 31.3 Å². The van der Waals surface area contributed by atoms with Crippen molar-refractivity contribution in [2.75, 3.05) is 6.54 Å². The zero-order valence-corrected chi connectivity index (χ0v) is 10.9. The van der Waals surface area contributed by atoms with E-state index in [1.807, 2.05) is 6.92 Å². The third-order valence-electron chi connectivity index (χ3n) is 2.86. The van der Waals surface area contributed by atoms with Gasteiger partial charge in [-0.15, -0.1) is 0 Å². The van der Waals surface area contributed by atoms with Gasteiger partial charge in [-0.05, 0) is 18.8 Å². The maximum Gasteiger partial charge on any atom is 1.00 e. The minimum absolute atomic E-state index is 0. The van der Waals surface area contributed by atoms with Gasteiger partial charge in [0.05, 0.1) is 11.4 Å². The van der Waals surface area contributed by atoms with Crippen molar-refractivity contribution < 1.29 is 42.3 Å². The summed E-state index contributed by atoms with van der Waals surface area (Å²) in [6.07, 6.45) is -0.307. The van der Waals surface area contributed by atoms with E-state index in [1.165, 1.54) is 0 Å². The Morgan fingerprint density at radius 2 is 2.12 bits per heavy atom. The fourth-order valence-electron chi connectivity index (χ4n) is 1.68. The fourth-order valence-corrected chi connectivity index (χ4v) is 3.51. The van der Waals surface area contributed by atoms with Gasteiger partial charge in [-0.1, -0.05) is 6.92 Å². The molecule has 0 saturated heterocycles. The molecular weight excluding hydrogens is 241 g/mol. The molecule has 1 aliphatic rings. The summed E-state index contributed by atoms with van der Waals surface area (Å²) in [6, 6.07) is 0. The van der Waals surface area contributed by atoms with Gasteiger partial charge >= 0.3 is 18.9 Å². The topological polar surface area (TPSA) is 107 Å². The normalized spacial score (nSPS) is 25.5. The first kappa shape index (κ1) is 16.9. The van der Waals surface area contributed by atoms with Crippen LogP contribution in [0.5, 0.6) is 0 Å². The fraction of sp³-hybridized carbons (Fsp3) is 0.889. The second-order valence-corrected chi connectivity index (χ2v) is 6.20. The number of aliphatic hydroxyl groups is 1. The summed E-state index contributed by atoms with van der Waals surface area (Å²) in [6.45, 7) is 1.57. The van der Waals surface area contributed by atoms with E-state index in [2.05, 4.69) is 4.72 Å². The predicted octanol–water partition coefficient (Wildman–Crippen LogP) is -4.79. The molecule has 0 aliphatic heterocycles. The van der Waals surface area contributed by atoms with Crippen molar-refractivity contribution in [2.45, 2.75) is 37.5 Å². The Labute approximate surface area is 113 Å². The summed E-state index contributed by atoms with van der Waals surface area (Å²) in [7, 11) is -3.43. The van der Waals surface area contributed by atoms with Crippen LogP contribution in [0.15, 0.2) is 0 Å². The molecule has 1 aliphatic carbocycles. The molecular formula is C9H16LiNO5S. The molecule has 8 heteroatoms. The molecule has 0 aromatic rings. The van der Waals surface area contributed by atoms with Crippen molar-refractivity contribution >= 4 is 16.0 Å². The summed E-state index contributed by atoms with van der Waals surface area (Å²) in [5, 5.41) is 18.9. The number of hydrogen-bond donors (Lipinski definition) is 2. The van der Waals surface area contributed by atoms with Crippen LogP contribution >= 0.6 is 0 Å². The molecule has 0 aromatic heterocycles. The maximum absolute atomic E-state index is 11.6. The molecule has 3 unspecified atom stereocenters. The largest absolute Gasteiger partial charge is 1.00 e. The second-order valence-electron chi connectivity index (χ2n) is 4.22. The Morgan fingerprint density at radius 3 is 2.47 bits per heavy atom. The minimum atomic E-state index is -3.43. The molecule has 17 heavy (non-hydrogen) atoms. The zero-order valence-electron chi connectivity index (χ0n) is 10.0. The minimum Gasteiger partial charge on any atom is -0.550 e. The Bertz CT molecular complexity index is 358. The van der Waals surface area contributed by atoms with Crippen molar-refractivity contribution in [3.05, 3.63) is 0 Å². The van der Waals surface area contributed by atoms with Gasteiger partial charge in [-0.3, -0.25) is 0 Å². The average Bonchev–Trinajstić information content (AvgIpc) is 2.11. The molecule has 0 radical (unpaired) electrons. The number of rotatable bonds is 6. The van der Waals surface area contributed by atoms with Crippen molar-refractivity contribution in [1.82, 2.24) is 4.72 Å². The molecule has 0 heterocycles. The van der Waals surface area contributed by atoms with Crippen molar-refractivity contribution in [3.8, 4) is 0 Å². The van der Waals surface area contributed by atoms with E-state index >= 15 is 0 Å². The SMILES string of the molecule is CC1CCC1S(=O)(=O)NCC(O)CC(=O)[O-].[Li+]. The Hall–Kier alpha value is -0.0626. The average molecular weight is 257 g/mol. The number of aliphatic hydroxyl groups excluding tert-OH is 1. The van der Waals surface area contributed by atoms with E-state index in [1.54, 1.807) is 0 Å². The van der Waals surface area contributed by atoms with Crippen LogP contribution in [0.3, 0.4) is 0 Å². The number of hydrogen-bond acceptors (Lipinski definition) is 5. The van der Waals surface area contributed by atoms with Crippen LogP contribution in [-0.4, -0.2) is 37.4 Å². The zero-order chi connectivity index (χ0) is 12.3. The van der Waals surface area contributed by atoms with Crippen molar-refractivity contribution in [2.24, 2.45) is 5.92 Å². The van der Waals surface area contributed by atoms with Crippen LogP contribution in [0.2, 0.25) is 0 Å². The third kappa shape index (κ3) is 4.98. The number of carbonyl (C=O) groups excluding carboxylic acids is 1. The first-order valence-electron chi connectivity index (χ1n) is 5.19. The molecule has 1 rings (SSSR count). The molecule has 6 nitrogen and oxygen atoms in total. The number of sulfonamides is 1. The monoisotopic (exact) mass is 257 g/mol. The molecule has 1 saturated carbocycles. The number of carboxylic acids is 1. The predicted molar refractivity (Wildman–Crippen MR) is 54.7 cm³/mol. The summed E-state index contributed by atoms with van der Waals surface area (Å²) < 4.78 is 25.5. The van der Waals surface area contributed by atoms with Gasteiger partial charge in [0, 0.05) is 18.9 Å². The van der Waals surface area contributed by atoms with Crippen molar-refractivity contribution in [3.63, 3.8) is 0 Å². The van der Waals surface area contributed by atoms with Crippen molar-refractivity contribution in [1.29, 1.82) is 0 Å². The van der Waals surface area contributed by atoms with Gasteiger partial charge in [0.1, 0.15) is 0 Å². The molecule has 2 N–H and O–H groups in total. The van der Waals surface area contributed by atoms with Gasteiger partial charge < -0.3 is 15.0 Å². The Kier molecular flexibility index (Phi) is 6.73. The van der Waals surface area contributed by atoms with Gasteiger partial charge in [0.15, 0.2) is 0 Å². The first-order valence-corrected chi connectivity index (χ1v) is 6.74. The van der Waals surface area contributed by atoms with E-state index in [4.69, 9.17) is 0 Å². The molecule has 3 atom stereocenters. The van der Waals surface area contributed by atoms with E-state index in [9.17, 15) is 23.4 Å². The second kappa shape index (κ2) is 6.76. The van der Waals surface area contributed by atoms with Crippen LogP contribution in [-0.2, 0) is 14.8 Å². The maximum atomic E-state index is 11.6. The Morgan fingerprint density at radius 1 is 1.53 bits per heavy atom. The number of carboxylic acid groups (broad SMARTS) is 1. The van der Waals surface area contributed by atoms with Crippen LogP contribution < -0.4 is 28.7 Å². The standard InChI is InChI=1S/C9H17NO5S.Li/c1-6-2-3-8(6)16(14,15)10-5-7(11)4-9(12)13;/h6-8,10-11H,2-5H2,1H3,(H,12,13);/q;+1/p-1. The Balaban J connectivity index is 0.00000256. The number of carbonyl (C=O) groups is 1. The molecule has 1 fully saturated rings. The van der Waals surface area contributed by atoms with Gasteiger partial charge in [-0.25, -0.2) is 13.1 Å². The number of aliphatic carboxylic acids is 1. The van der Waals surface area contributed by atoms with Crippen LogP contribution in [0.4, 0.5) is 0 Å². The summed E-state index contributed by atoms with van der Waals surface area (Å²) >= 11 is 0. The quantitative estimate of drug-likeness (QED) is 0.464. The van der Waals surface area contributed by atoms with E-state index in [0.717, 1.165) is 6.42 Å². The summed E-state index contributed by atoms with van der Waals surface area (Å²) in [5.41, 5.74) is 0. The number of nitrogens with one attached hydrogen (secondary N) is 1. The first-order chi connectivity index (χ1) is 7.33. The molecule has 0 aromatic carbocycles. The van der Waals surface area contributed by atoms with Gasteiger partial charge in [0.2, 0.25) is 10.0 Å². The molecule has 94 valence electrons. The molecule has 0 amide bonds. The van der Waals surface area contributed by atoms with Gasteiger partial charge in [-0.2, -0.15) is 0 Å².